The van der Waals surface area contributed by atoms with Crippen LogP contribution < -0.4 is 16.1 Å². The van der Waals surface area contributed by atoms with E-state index in [1.54, 1.807) is 6.34 Å². The zero-order chi connectivity index (χ0) is 9.26. The molecule has 4 nitrogen and oxygen atoms in total. The van der Waals surface area contributed by atoms with Gasteiger partial charge in [0, 0.05) is 0 Å². The second kappa shape index (κ2) is 3.06. The number of nitrogens with one attached hydrogen (secondary N) is 2. The maximum atomic E-state index is 3.84. The average Bonchev–Trinajstić information content (AvgIpc) is 2.53. The van der Waals surface area contributed by atoms with Gasteiger partial charge in [-0.05, 0) is 37.1 Å². The number of benzene rings is 1. The third kappa shape index (κ3) is 1.62. The quantitative estimate of drug-likeness (QED) is 0.672. The Labute approximate surface area is 77.2 Å². The summed E-state index contributed by atoms with van der Waals surface area (Å²) in [7, 11) is 0. The Kier molecular flexibility index (Phi) is 1.90. The molecule has 1 heterocycles. The molecule has 13 heavy (non-hydrogen) atoms. The van der Waals surface area contributed by atoms with Crippen molar-refractivity contribution >= 4 is 12.0 Å². The van der Waals surface area contributed by atoms with Gasteiger partial charge in [-0.2, -0.15) is 5.10 Å². The summed E-state index contributed by atoms with van der Waals surface area (Å²) in [6.45, 7) is 4.16. The molecule has 0 amide bonds. The van der Waals surface area contributed by atoms with Crippen LogP contribution in [0.4, 0.5) is 5.69 Å². The first-order valence-corrected chi connectivity index (χ1v) is 4.17. The highest BCUT2D eigenvalue weighted by atomic mass is 15.8. The summed E-state index contributed by atoms with van der Waals surface area (Å²) in [5, 5.41) is 5.67. The van der Waals surface area contributed by atoms with Crippen LogP contribution in [0.1, 0.15) is 11.1 Å². The minimum Gasteiger partial charge on any atom is -0.245 e. The normalized spacial score (nSPS) is 14.8. The van der Waals surface area contributed by atoms with Crippen molar-refractivity contribution < 1.29 is 0 Å². The minimum atomic E-state index is 1.09. The van der Waals surface area contributed by atoms with Crippen molar-refractivity contribution in [3.8, 4) is 0 Å². The lowest BCUT2D eigenvalue weighted by atomic mass is 10.1. The maximum absolute atomic E-state index is 3.84. The van der Waals surface area contributed by atoms with Gasteiger partial charge in [0.25, 0.3) is 0 Å². The Morgan fingerprint density at radius 3 is 2.38 bits per heavy atom. The monoisotopic (exact) mass is 176 g/mol. The first-order chi connectivity index (χ1) is 6.25. The first kappa shape index (κ1) is 8.07. The summed E-state index contributed by atoms with van der Waals surface area (Å²) < 4.78 is 0. The Bertz CT molecular complexity index is 325. The lowest BCUT2D eigenvalue weighted by Gasteiger charge is -2.14. The first-order valence-electron chi connectivity index (χ1n) is 4.17. The molecule has 0 spiro atoms. The van der Waals surface area contributed by atoms with Crippen LogP contribution in [-0.2, 0) is 0 Å². The molecule has 0 aliphatic carbocycles. The molecule has 0 bridgehead atoms. The second-order valence-electron chi connectivity index (χ2n) is 3.18. The molecule has 68 valence electrons. The molecule has 1 aromatic rings. The van der Waals surface area contributed by atoms with Crippen LogP contribution in [0.5, 0.6) is 0 Å². The van der Waals surface area contributed by atoms with Gasteiger partial charge < -0.3 is 0 Å². The van der Waals surface area contributed by atoms with Gasteiger partial charge in [-0.15, -0.1) is 5.53 Å². The van der Waals surface area contributed by atoms with Crippen LogP contribution in [0.15, 0.2) is 23.3 Å². The van der Waals surface area contributed by atoms with E-state index in [0.29, 0.717) is 0 Å². The van der Waals surface area contributed by atoms with Crippen LogP contribution in [0.2, 0.25) is 0 Å². The van der Waals surface area contributed by atoms with E-state index in [9.17, 15) is 0 Å². The molecule has 0 atom stereocenters. The van der Waals surface area contributed by atoms with Gasteiger partial charge in [0.2, 0.25) is 0 Å². The molecule has 0 aromatic heterocycles. The van der Waals surface area contributed by atoms with Crippen molar-refractivity contribution in [2.45, 2.75) is 13.8 Å². The standard InChI is InChI=1S/C9H12N4/c1-7-3-8(2)5-9(4-7)13-6-10-11-12-13/h3-6,11-12H,1-2H3. The fourth-order valence-corrected chi connectivity index (χ4v) is 1.42. The Morgan fingerprint density at radius 2 is 1.85 bits per heavy atom. The average molecular weight is 176 g/mol. The fourth-order valence-electron chi connectivity index (χ4n) is 1.42. The highest BCUT2D eigenvalue weighted by Crippen LogP contribution is 2.16. The number of anilines is 1. The van der Waals surface area contributed by atoms with Crippen LogP contribution in [0.3, 0.4) is 0 Å². The largest absolute Gasteiger partial charge is 0.245 e. The number of rotatable bonds is 1. The number of hydrazone groups is 1. The molecule has 1 aliphatic rings. The predicted molar refractivity (Wildman–Crippen MR) is 53.2 cm³/mol. The van der Waals surface area contributed by atoms with Gasteiger partial charge in [0.05, 0.1) is 5.69 Å². The van der Waals surface area contributed by atoms with E-state index in [2.05, 4.69) is 48.2 Å². The molecular formula is C9H12N4. The van der Waals surface area contributed by atoms with Gasteiger partial charge in [-0.3, -0.25) is 0 Å². The van der Waals surface area contributed by atoms with Gasteiger partial charge >= 0.3 is 0 Å². The Hall–Kier alpha value is -1.55. The molecule has 2 N–H and O–H groups in total. The molecule has 0 unspecified atom stereocenters. The number of aryl methyl sites for hydroxylation is 2. The van der Waals surface area contributed by atoms with Gasteiger partial charge in [-0.1, -0.05) is 6.07 Å². The number of hydrazine groups is 2. The summed E-state index contributed by atoms with van der Waals surface area (Å²) in [4.78, 5) is 0. The minimum absolute atomic E-state index is 1.09. The lowest BCUT2D eigenvalue weighted by Crippen LogP contribution is -2.37. The molecular weight excluding hydrogens is 164 g/mol. The van der Waals surface area contributed by atoms with Crippen molar-refractivity contribution in [1.29, 1.82) is 0 Å². The summed E-state index contributed by atoms with van der Waals surface area (Å²) in [6, 6.07) is 6.34. The highest BCUT2D eigenvalue weighted by Gasteiger charge is 2.07. The zero-order valence-corrected chi connectivity index (χ0v) is 7.70. The predicted octanol–water partition coefficient (Wildman–Crippen LogP) is 1.08. The van der Waals surface area contributed by atoms with Crippen molar-refractivity contribution in [2.24, 2.45) is 5.10 Å². The summed E-state index contributed by atoms with van der Waals surface area (Å²) in [6.07, 6.45) is 1.70. The van der Waals surface area contributed by atoms with E-state index in [0.717, 1.165) is 5.69 Å². The van der Waals surface area contributed by atoms with Crippen LogP contribution in [0, 0.1) is 13.8 Å². The third-order valence-corrected chi connectivity index (χ3v) is 1.89. The van der Waals surface area contributed by atoms with E-state index in [-0.39, 0.29) is 0 Å². The molecule has 0 saturated heterocycles. The van der Waals surface area contributed by atoms with E-state index >= 15 is 0 Å². The number of nitrogens with zero attached hydrogens (tertiary/aromatic N) is 2. The van der Waals surface area contributed by atoms with E-state index in [1.807, 2.05) is 5.01 Å². The SMILES string of the molecule is Cc1cc(C)cc(N2C=NNN2)c1. The zero-order valence-electron chi connectivity index (χ0n) is 7.70. The molecule has 1 aromatic carbocycles. The number of hydrogen-bond donors (Lipinski definition) is 2. The van der Waals surface area contributed by atoms with E-state index < -0.39 is 0 Å². The van der Waals surface area contributed by atoms with Crippen molar-refractivity contribution in [2.75, 3.05) is 5.01 Å². The smallest absolute Gasteiger partial charge is 0.133 e. The fraction of sp³-hybridized carbons (Fsp3) is 0.222. The summed E-state index contributed by atoms with van der Waals surface area (Å²) in [5.74, 6) is 0. The van der Waals surface area contributed by atoms with Gasteiger partial charge in [-0.25, -0.2) is 10.5 Å². The van der Waals surface area contributed by atoms with Crippen molar-refractivity contribution in [1.82, 2.24) is 11.1 Å². The Balaban J connectivity index is 2.34. The molecule has 0 fully saturated rings. The van der Waals surface area contributed by atoms with E-state index in [4.69, 9.17) is 0 Å². The van der Waals surface area contributed by atoms with Gasteiger partial charge in [0.1, 0.15) is 6.34 Å². The van der Waals surface area contributed by atoms with Crippen LogP contribution in [0.25, 0.3) is 0 Å². The van der Waals surface area contributed by atoms with Gasteiger partial charge in [0.15, 0.2) is 0 Å². The topological polar surface area (TPSA) is 39.7 Å². The van der Waals surface area contributed by atoms with Crippen LogP contribution in [-0.4, -0.2) is 6.34 Å². The molecule has 0 radical (unpaired) electrons. The maximum Gasteiger partial charge on any atom is 0.133 e. The Morgan fingerprint density at radius 1 is 1.15 bits per heavy atom. The molecule has 4 heteroatoms. The third-order valence-electron chi connectivity index (χ3n) is 1.89. The van der Waals surface area contributed by atoms with Crippen molar-refractivity contribution in [3.05, 3.63) is 29.3 Å². The second-order valence-corrected chi connectivity index (χ2v) is 3.18. The molecule has 2 rings (SSSR count). The molecule has 1 aliphatic heterocycles. The summed E-state index contributed by atoms with van der Waals surface area (Å²) in [5.41, 5.74) is 9.13. The summed E-state index contributed by atoms with van der Waals surface area (Å²) >= 11 is 0. The highest BCUT2D eigenvalue weighted by molar-refractivity contribution is 5.79. The van der Waals surface area contributed by atoms with Crippen LogP contribution >= 0.6 is 0 Å². The van der Waals surface area contributed by atoms with E-state index in [1.165, 1.54) is 11.1 Å². The number of hydrogen-bond acceptors (Lipinski definition) is 4. The lowest BCUT2D eigenvalue weighted by molar-refractivity contribution is 0.623. The van der Waals surface area contributed by atoms with Crippen molar-refractivity contribution in [3.63, 3.8) is 0 Å². The molecule has 0 saturated carbocycles.